The van der Waals surface area contributed by atoms with E-state index in [4.69, 9.17) is 4.74 Å². The molecule has 0 saturated carbocycles. The molecule has 4 nitrogen and oxygen atoms in total. The highest BCUT2D eigenvalue weighted by atomic mass is 16.5. The van der Waals surface area contributed by atoms with E-state index in [9.17, 15) is 4.79 Å². The number of nitrogens with zero attached hydrogens (tertiary/aromatic N) is 1. The number of esters is 1. The van der Waals surface area contributed by atoms with Gasteiger partial charge in [-0.3, -0.25) is 4.90 Å². The Bertz CT molecular complexity index is 558. The van der Waals surface area contributed by atoms with Crippen LogP contribution in [0.1, 0.15) is 40.7 Å². The Labute approximate surface area is 125 Å². The first-order chi connectivity index (χ1) is 10.2. The standard InChI is InChI=1S/C17H22N2O2/c1-11-6-13-7-12(2-3-16(13)17(20)21-11)14-8-15-9-18-4-5-19(15)10-14/h2-3,7,11,14-15,18H,4-6,8-10H2,1H3/t11-,14?,15+/m1/s1. The van der Waals surface area contributed by atoms with Crippen LogP contribution in [0, 0.1) is 0 Å². The minimum Gasteiger partial charge on any atom is -0.459 e. The predicted molar refractivity (Wildman–Crippen MR) is 80.6 cm³/mol. The Kier molecular flexibility index (Phi) is 3.23. The maximum Gasteiger partial charge on any atom is 0.338 e. The van der Waals surface area contributed by atoms with Crippen LogP contribution in [0.5, 0.6) is 0 Å². The van der Waals surface area contributed by atoms with Crippen molar-refractivity contribution in [3.05, 3.63) is 34.9 Å². The molecule has 0 radical (unpaired) electrons. The van der Waals surface area contributed by atoms with E-state index >= 15 is 0 Å². The summed E-state index contributed by atoms with van der Waals surface area (Å²) in [6.45, 7) is 6.51. The first-order valence-corrected chi connectivity index (χ1v) is 7.99. The van der Waals surface area contributed by atoms with Crippen molar-refractivity contribution in [3.63, 3.8) is 0 Å². The summed E-state index contributed by atoms with van der Waals surface area (Å²) in [6.07, 6.45) is 2.07. The highest BCUT2D eigenvalue weighted by Gasteiger charge is 2.34. The van der Waals surface area contributed by atoms with Gasteiger partial charge in [0.1, 0.15) is 6.10 Å². The van der Waals surface area contributed by atoms with E-state index in [1.54, 1.807) is 0 Å². The number of hydrogen-bond acceptors (Lipinski definition) is 4. The Morgan fingerprint density at radius 2 is 2.29 bits per heavy atom. The molecule has 3 aliphatic heterocycles. The molecular formula is C17H22N2O2. The Morgan fingerprint density at radius 3 is 3.14 bits per heavy atom. The van der Waals surface area contributed by atoms with Crippen molar-refractivity contribution < 1.29 is 9.53 Å². The SMILES string of the molecule is C[C@@H]1Cc2cc(C3C[C@H]4CNCCN4C3)ccc2C(=O)O1. The van der Waals surface area contributed by atoms with Gasteiger partial charge in [0.05, 0.1) is 5.56 Å². The molecule has 3 heterocycles. The second kappa shape index (κ2) is 5.11. The zero-order valence-electron chi connectivity index (χ0n) is 12.5. The summed E-state index contributed by atoms with van der Waals surface area (Å²) in [5, 5.41) is 3.49. The fraction of sp³-hybridized carbons (Fsp3) is 0.588. The van der Waals surface area contributed by atoms with Crippen LogP contribution in [-0.4, -0.2) is 49.2 Å². The van der Waals surface area contributed by atoms with E-state index in [1.165, 1.54) is 17.5 Å². The molecule has 0 spiro atoms. The smallest absolute Gasteiger partial charge is 0.338 e. The zero-order valence-corrected chi connectivity index (χ0v) is 12.5. The highest BCUT2D eigenvalue weighted by Crippen LogP contribution is 2.34. The van der Waals surface area contributed by atoms with E-state index in [0.29, 0.717) is 12.0 Å². The molecule has 4 rings (SSSR count). The molecule has 1 unspecified atom stereocenters. The minimum absolute atomic E-state index is 0.000594. The number of rotatable bonds is 1. The topological polar surface area (TPSA) is 41.6 Å². The summed E-state index contributed by atoms with van der Waals surface area (Å²) >= 11 is 0. The molecule has 2 fully saturated rings. The lowest BCUT2D eigenvalue weighted by Gasteiger charge is -2.29. The number of carbonyl (C=O) groups is 1. The molecule has 1 aromatic rings. The van der Waals surface area contributed by atoms with Gasteiger partial charge < -0.3 is 10.1 Å². The summed E-state index contributed by atoms with van der Waals surface area (Å²) in [6, 6.07) is 7.04. The van der Waals surface area contributed by atoms with Crippen molar-refractivity contribution >= 4 is 5.97 Å². The quantitative estimate of drug-likeness (QED) is 0.795. The molecule has 4 heteroatoms. The lowest BCUT2D eigenvalue weighted by Crippen LogP contribution is -2.47. The number of carbonyl (C=O) groups excluding carboxylic acids is 1. The number of piperazine rings is 1. The third-order valence-electron chi connectivity index (χ3n) is 5.12. The van der Waals surface area contributed by atoms with E-state index in [0.717, 1.165) is 38.2 Å². The Balaban J connectivity index is 1.59. The van der Waals surface area contributed by atoms with Crippen molar-refractivity contribution in [2.45, 2.75) is 37.8 Å². The second-order valence-corrected chi connectivity index (χ2v) is 6.62. The van der Waals surface area contributed by atoms with Crippen molar-refractivity contribution in [2.75, 3.05) is 26.2 Å². The molecule has 0 amide bonds. The summed E-state index contributed by atoms with van der Waals surface area (Å²) < 4.78 is 5.30. The molecular weight excluding hydrogens is 264 g/mol. The molecule has 2 saturated heterocycles. The lowest BCUT2D eigenvalue weighted by atomic mass is 9.90. The average Bonchev–Trinajstić information content (AvgIpc) is 2.90. The van der Waals surface area contributed by atoms with Crippen LogP contribution in [0.15, 0.2) is 18.2 Å². The zero-order chi connectivity index (χ0) is 14.4. The second-order valence-electron chi connectivity index (χ2n) is 6.62. The first kappa shape index (κ1) is 13.3. The minimum atomic E-state index is -0.164. The molecule has 1 N–H and O–H groups in total. The molecule has 112 valence electrons. The summed E-state index contributed by atoms with van der Waals surface area (Å²) in [7, 11) is 0. The van der Waals surface area contributed by atoms with Gasteiger partial charge >= 0.3 is 5.97 Å². The highest BCUT2D eigenvalue weighted by molar-refractivity contribution is 5.92. The van der Waals surface area contributed by atoms with Gasteiger partial charge in [-0.1, -0.05) is 12.1 Å². The first-order valence-electron chi connectivity index (χ1n) is 7.99. The average molecular weight is 286 g/mol. The van der Waals surface area contributed by atoms with E-state index in [2.05, 4.69) is 22.3 Å². The van der Waals surface area contributed by atoms with E-state index in [1.807, 2.05) is 13.0 Å². The Morgan fingerprint density at radius 1 is 1.38 bits per heavy atom. The van der Waals surface area contributed by atoms with Crippen molar-refractivity contribution in [3.8, 4) is 0 Å². The van der Waals surface area contributed by atoms with Gasteiger partial charge in [0.25, 0.3) is 0 Å². The largest absolute Gasteiger partial charge is 0.459 e. The lowest BCUT2D eigenvalue weighted by molar-refractivity contribution is 0.0301. The van der Waals surface area contributed by atoms with E-state index < -0.39 is 0 Å². The van der Waals surface area contributed by atoms with Gasteiger partial charge in [0.15, 0.2) is 0 Å². The van der Waals surface area contributed by atoms with Crippen molar-refractivity contribution in [2.24, 2.45) is 0 Å². The molecule has 3 aliphatic rings. The monoisotopic (exact) mass is 286 g/mol. The van der Waals surface area contributed by atoms with Crippen LogP contribution in [0.25, 0.3) is 0 Å². The summed E-state index contributed by atoms with van der Waals surface area (Å²) in [4.78, 5) is 14.5. The fourth-order valence-electron chi connectivity index (χ4n) is 4.04. The molecule has 1 aromatic carbocycles. The van der Waals surface area contributed by atoms with Crippen LogP contribution in [0.2, 0.25) is 0 Å². The maximum absolute atomic E-state index is 11.9. The normalized spacial score (nSPS) is 32.4. The number of fused-ring (bicyclic) bond motifs is 2. The van der Waals surface area contributed by atoms with Gasteiger partial charge in [-0.05, 0) is 36.5 Å². The van der Waals surface area contributed by atoms with Crippen LogP contribution in [0.4, 0.5) is 0 Å². The third-order valence-corrected chi connectivity index (χ3v) is 5.12. The maximum atomic E-state index is 11.9. The van der Waals surface area contributed by atoms with Gasteiger partial charge in [-0.25, -0.2) is 4.79 Å². The summed E-state index contributed by atoms with van der Waals surface area (Å²) in [5.74, 6) is 0.441. The molecule has 0 aliphatic carbocycles. The van der Waals surface area contributed by atoms with Crippen LogP contribution in [0.3, 0.4) is 0 Å². The van der Waals surface area contributed by atoms with Gasteiger partial charge in [0.2, 0.25) is 0 Å². The number of nitrogens with one attached hydrogen (secondary N) is 1. The van der Waals surface area contributed by atoms with Crippen LogP contribution >= 0.6 is 0 Å². The molecule has 21 heavy (non-hydrogen) atoms. The number of benzene rings is 1. The van der Waals surface area contributed by atoms with Crippen molar-refractivity contribution in [1.82, 2.24) is 10.2 Å². The van der Waals surface area contributed by atoms with Gasteiger partial charge in [-0.2, -0.15) is 0 Å². The van der Waals surface area contributed by atoms with E-state index in [-0.39, 0.29) is 12.1 Å². The number of ether oxygens (including phenoxy) is 1. The predicted octanol–water partition coefficient (Wildman–Crippen LogP) is 1.55. The summed E-state index contributed by atoms with van der Waals surface area (Å²) in [5.41, 5.74) is 3.32. The van der Waals surface area contributed by atoms with Gasteiger partial charge in [-0.15, -0.1) is 0 Å². The number of cyclic esters (lactones) is 1. The van der Waals surface area contributed by atoms with Crippen LogP contribution in [-0.2, 0) is 11.2 Å². The molecule has 0 bridgehead atoms. The van der Waals surface area contributed by atoms with Gasteiger partial charge in [0, 0.05) is 38.6 Å². The number of hydrogen-bond donors (Lipinski definition) is 1. The Hall–Kier alpha value is -1.39. The van der Waals surface area contributed by atoms with Crippen LogP contribution < -0.4 is 5.32 Å². The molecule has 0 aromatic heterocycles. The third kappa shape index (κ3) is 2.36. The molecule has 3 atom stereocenters. The fourth-order valence-corrected chi connectivity index (χ4v) is 4.04. The van der Waals surface area contributed by atoms with Crippen molar-refractivity contribution in [1.29, 1.82) is 0 Å².